The molecule has 1 atom stereocenters. The van der Waals surface area contributed by atoms with Gasteiger partial charge in [0.25, 0.3) is 0 Å². The van der Waals surface area contributed by atoms with Crippen LogP contribution in [0, 0.1) is 3.57 Å². The van der Waals surface area contributed by atoms with Gasteiger partial charge in [0.05, 0.1) is 28.1 Å². The van der Waals surface area contributed by atoms with E-state index in [1.165, 1.54) is 0 Å². The van der Waals surface area contributed by atoms with Crippen molar-refractivity contribution in [3.63, 3.8) is 0 Å². The fourth-order valence-electron chi connectivity index (χ4n) is 2.81. The number of imidazole rings is 1. The summed E-state index contributed by atoms with van der Waals surface area (Å²) < 4.78 is 26.5. The predicted molar refractivity (Wildman–Crippen MR) is 83.8 cm³/mol. The number of benzene rings is 1. The highest BCUT2D eigenvalue weighted by Crippen LogP contribution is 2.36. The van der Waals surface area contributed by atoms with Crippen LogP contribution in [0.15, 0.2) is 18.2 Å². The third kappa shape index (κ3) is 2.12. The van der Waals surface area contributed by atoms with Gasteiger partial charge in [0.2, 0.25) is 5.95 Å². The van der Waals surface area contributed by atoms with Crippen molar-refractivity contribution >= 4 is 49.4 Å². The lowest BCUT2D eigenvalue weighted by atomic mass is 10.0. The first-order chi connectivity index (χ1) is 8.81. The summed E-state index contributed by atoms with van der Waals surface area (Å²) in [6.45, 7) is 1.94. The van der Waals surface area contributed by atoms with E-state index in [1.54, 1.807) is 0 Å². The first kappa shape index (κ1) is 13.2. The molecule has 0 aliphatic carbocycles. The number of hydrogen-bond donors (Lipinski definition) is 1. The van der Waals surface area contributed by atoms with E-state index in [4.69, 9.17) is 5.73 Å². The Morgan fingerprint density at radius 3 is 2.84 bits per heavy atom. The molecule has 2 heterocycles. The number of nitrogen functional groups attached to an aromatic ring is 1. The second kappa shape index (κ2) is 4.08. The van der Waals surface area contributed by atoms with Gasteiger partial charge in [-0.15, -0.1) is 0 Å². The van der Waals surface area contributed by atoms with Crippen molar-refractivity contribution in [2.24, 2.45) is 0 Å². The van der Waals surface area contributed by atoms with Crippen molar-refractivity contribution in [2.75, 3.05) is 17.2 Å². The highest BCUT2D eigenvalue weighted by Gasteiger charge is 2.41. The molecule has 1 aliphatic rings. The van der Waals surface area contributed by atoms with Gasteiger partial charge in [-0.1, -0.05) is 0 Å². The number of aromatic nitrogens is 2. The lowest BCUT2D eigenvalue weighted by Crippen LogP contribution is -2.32. The number of fused-ring (bicyclic) bond motifs is 1. The average molecular weight is 391 g/mol. The number of sulfone groups is 1. The van der Waals surface area contributed by atoms with E-state index >= 15 is 0 Å². The predicted octanol–water partition coefficient (Wildman–Crippen LogP) is 1.76. The Morgan fingerprint density at radius 2 is 2.21 bits per heavy atom. The molecule has 1 fully saturated rings. The molecule has 0 spiro atoms. The summed E-state index contributed by atoms with van der Waals surface area (Å²) in [5, 5.41) is 0. The first-order valence-corrected chi connectivity index (χ1v) is 8.85. The molecule has 0 bridgehead atoms. The van der Waals surface area contributed by atoms with Crippen molar-refractivity contribution < 1.29 is 8.42 Å². The Bertz CT molecular complexity index is 769. The van der Waals surface area contributed by atoms with Gasteiger partial charge in [-0.2, -0.15) is 0 Å². The summed E-state index contributed by atoms with van der Waals surface area (Å²) in [5.74, 6) is 0.728. The lowest BCUT2D eigenvalue weighted by Gasteiger charge is -2.26. The van der Waals surface area contributed by atoms with Crippen molar-refractivity contribution in [1.29, 1.82) is 0 Å². The maximum absolute atomic E-state index is 11.8. The van der Waals surface area contributed by atoms with Crippen molar-refractivity contribution in [3.05, 3.63) is 21.8 Å². The molecule has 0 amide bonds. The molecule has 102 valence electrons. The van der Waals surface area contributed by atoms with Crippen LogP contribution in [-0.4, -0.2) is 29.5 Å². The normalized spacial score (nSPS) is 26.0. The summed E-state index contributed by atoms with van der Waals surface area (Å²) in [5.41, 5.74) is 7.23. The van der Waals surface area contributed by atoms with Gasteiger partial charge in [0.1, 0.15) is 0 Å². The molecule has 0 radical (unpaired) electrons. The van der Waals surface area contributed by atoms with Gasteiger partial charge >= 0.3 is 0 Å². The number of nitrogens with two attached hydrogens (primary N) is 1. The number of halogens is 1. The van der Waals surface area contributed by atoms with Crippen LogP contribution in [0.25, 0.3) is 11.0 Å². The minimum absolute atomic E-state index is 0.127. The van der Waals surface area contributed by atoms with E-state index in [0.717, 1.165) is 14.6 Å². The molecular formula is C12H14IN3O2S. The molecule has 2 N–H and O–H groups in total. The summed E-state index contributed by atoms with van der Waals surface area (Å²) in [7, 11) is -2.98. The molecule has 3 rings (SSSR count). The zero-order chi connectivity index (χ0) is 13.8. The first-order valence-electron chi connectivity index (χ1n) is 5.95. The summed E-state index contributed by atoms with van der Waals surface area (Å²) in [6, 6.07) is 5.89. The van der Waals surface area contributed by atoms with Gasteiger partial charge in [-0.3, -0.25) is 0 Å². The maximum atomic E-state index is 11.8. The lowest BCUT2D eigenvalue weighted by molar-refractivity contribution is 0.381. The van der Waals surface area contributed by atoms with Crippen LogP contribution in [0.4, 0.5) is 5.95 Å². The number of rotatable bonds is 1. The molecule has 1 saturated heterocycles. The van der Waals surface area contributed by atoms with Gasteiger partial charge in [-0.25, -0.2) is 13.4 Å². The Morgan fingerprint density at radius 1 is 1.47 bits per heavy atom. The van der Waals surface area contributed by atoms with Crippen LogP contribution in [0.3, 0.4) is 0 Å². The number of anilines is 1. The Labute approximate surface area is 125 Å². The molecule has 0 saturated carbocycles. The monoisotopic (exact) mass is 391 g/mol. The minimum atomic E-state index is -2.98. The molecule has 1 aromatic heterocycles. The van der Waals surface area contributed by atoms with E-state index in [9.17, 15) is 8.42 Å². The number of hydrogen-bond acceptors (Lipinski definition) is 4. The highest BCUT2D eigenvalue weighted by molar-refractivity contribution is 14.1. The Hall–Kier alpha value is -0.830. The van der Waals surface area contributed by atoms with E-state index in [2.05, 4.69) is 27.6 Å². The molecular weight excluding hydrogens is 377 g/mol. The Balaban J connectivity index is 2.23. The SMILES string of the molecule is CC1(n2c(N)nc3cc(I)ccc32)CCS(=O)(=O)C1. The third-order valence-electron chi connectivity index (χ3n) is 3.66. The molecule has 1 aliphatic heterocycles. The van der Waals surface area contributed by atoms with E-state index in [0.29, 0.717) is 12.4 Å². The molecule has 1 unspecified atom stereocenters. The van der Waals surface area contributed by atoms with Crippen LogP contribution in [-0.2, 0) is 15.4 Å². The van der Waals surface area contributed by atoms with Crippen molar-refractivity contribution in [1.82, 2.24) is 9.55 Å². The molecule has 7 heteroatoms. The smallest absolute Gasteiger partial charge is 0.201 e. The van der Waals surface area contributed by atoms with Gasteiger partial charge < -0.3 is 10.3 Å². The van der Waals surface area contributed by atoms with Crippen molar-refractivity contribution in [2.45, 2.75) is 18.9 Å². The fourth-order valence-corrected chi connectivity index (χ4v) is 5.40. The third-order valence-corrected chi connectivity index (χ3v) is 6.22. The molecule has 5 nitrogen and oxygen atoms in total. The zero-order valence-electron chi connectivity index (χ0n) is 10.4. The van der Waals surface area contributed by atoms with Crippen LogP contribution < -0.4 is 5.73 Å². The maximum Gasteiger partial charge on any atom is 0.201 e. The van der Waals surface area contributed by atoms with Gasteiger partial charge in [-0.05, 0) is 54.1 Å². The largest absolute Gasteiger partial charge is 0.369 e. The summed E-state index contributed by atoms with van der Waals surface area (Å²) in [4.78, 5) is 4.35. The van der Waals surface area contributed by atoms with Crippen LogP contribution in [0.1, 0.15) is 13.3 Å². The fraction of sp³-hybridized carbons (Fsp3) is 0.417. The quantitative estimate of drug-likeness (QED) is 0.752. The zero-order valence-corrected chi connectivity index (χ0v) is 13.4. The summed E-state index contributed by atoms with van der Waals surface area (Å²) in [6.07, 6.45) is 0.580. The topological polar surface area (TPSA) is 78.0 Å². The summed E-state index contributed by atoms with van der Waals surface area (Å²) >= 11 is 2.22. The highest BCUT2D eigenvalue weighted by atomic mass is 127. The standard InChI is InChI=1S/C12H14IN3O2S/c1-12(4-5-19(17,18)7-12)16-10-3-2-8(13)6-9(10)15-11(16)14/h2-3,6H,4-5,7H2,1H3,(H2,14,15). The van der Waals surface area contributed by atoms with E-state index < -0.39 is 15.4 Å². The molecule has 2 aromatic rings. The van der Waals surface area contributed by atoms with Crippen LogP contribution in [0.5, 0.6) is 0 Å². The second-order valence-corrected chi connectivity index (χ2v) is 8.71. The number of nitrogens with zero attached hydrogens (tertiary/aromatic N) is 2. The minimum Gasteiger partial charge on any atom is -0.369 e. The van der Waals surface area contributed by atoms with Gasteiger partial charge in [0.15, 0.2) is 9.84 Å². The van der Waals surface area contributed by atoms with E-state index in [1.807, 2.05) is 29.7 Å². The molecule has 1 aromatic carbocycles. The Kier molecular flexibility index (Phi) is 2.83. The second-order valence-electron chi connectivity index (χ2n) is 5.28. The van der Waals surface area contributed by atoms with Crippen LogP contribution in [0.2, 0.25) is 0 Å². The van der Waals surface area contributed by atoms with Gasteiger partial charge in [0, 0.05) is 3.57 Å². The molecule has 19 heavy (non-hydrogen) atoms. The average Bonchev–Trinajstić information content (AvgIpc) is 2.75. The van der Waals surface area contributed by atoms with Crippen molar-refractivity contribution in [3.8, 4) is 0 Å². The van der Waals surface area contributed by atoms with E-state index in [-0.39, 0.29) is 11.5 Å². The van der Waals surface area contributed by atoms with Crippen LogP contribution >= 0.6 is 22.6 Å².